The lowest BCUT2D eigenvalue weighted by molar-refractivity contribution is -0.0104. The monoisotopic (exact) mass is 669 g/mol. The van der Waals surface area contributed by atoms with Crippen molar-refractivity contribution in [1.82, 2.24) is 24.5 Å². The highest BCUT2D eigenvalue weighted by Gasteiger charge is 2.34. The molecule has 3 aromatic heterocycles. The molecule has 1 saturated heterocycles. The summed E-state index contributed by atoms with van der Waals surface area (Å²) in [6, 6.07) is 15.6. The number of aliphatic hydroxyl groups is 1. The van der Waals surface area contributed by atoms with Crippen LogP contribution in [0.2, 0.25) is 0 Å². The third-order valence-electron chi connectivity index (χ3n) is 8.56. The number of β-amino-alcohol motifs (C(OH)–C–C–N with tert-alkyl or cyclic N) is 1. The van der Waals surface area contributed by atoms with Crippen LogP contribution in [-0.4, -0.2) is 78.7 Å². The van der Waals surface area contributed by atoms with Crippen molar-refractivity contribution in [2.75, 3.05) is 29.9 Å². The normalized spacial score (nSPS) is 18.3. The van der Waals surface area contributed by atoms with Crippen molar-refractivity contribution in [2.45, 2.75) is 90.6 Å². The number of fused-ring (bicyclic) bond motifs is 1. The third kappa shape index (κ3) is 8.48. The number of amides is 2. The number of aromatic nitrogens is 4. The van der Waals surface area contributed by atoms with Crippen molar-refractivity contribution < 1.29 is 24.2 Å². The van der Waals surface area contributed by atoms with Crippen LogP contribution >= 0.6 is 0 Å². The zero-order valence-electron chi connectivity index (χ0n) is 29.2. The number of carbonyl (C=O) groups excluding carboxylic acids is 2. The van der Waals surface area contributed by atoms with E-state index in [1.807, 2.05) is 96.3 Å². The van der Waals surface area contributed by atoms with Crippen LogP contribution in [0.3, 0.4) is 0 Å². The number of hydrogen-bond acceptors (Lipinski definition) is 9. The van der Waals surface area contributed by atoms with Crippen LogP contribution in [0.5, 0.6) is 0 Å². The Morgan fingerprint density at radius 1 is 1.00 bits per heavy atom. The molecular formula is C37H47N7O5. The maximum Gasteiger partial charge on any atom is 0.416 e. The van der Waals surface area contributed by atoms with E-state index in [-0.39, 0.29) is 19.0 Å². The zero-order valence-corrected chi connectivity index (χ0v) is 29.2. The molecule has 1 saturated carbocycles. The standard InChI is InChI=1S/C37H47N7O5/c1-36(2,3)48-34(46)42-18-16-27(30(45)23-42)20-39-31-19-32(44-33(41-31)28(21-40-44)25-14-15-25)43(35(47)49-37(4,5)6)22-24-10-12-26(13-11-24)29-9-7-8-17-38-29/h7-13,17,19,21,25,27,30,45H,14-16,18,20,22-23H2,1-6H3,(H,39,41)/t27-,30+/m1/s1. The van der Waals surface area contributed by atoms with Gasteiger partial charge in [0.05, 0.1) is 31.1 Å². The molecule has 0 bridgehead atoms. The predicted octanol–water partition coefficient (Wildman–Crippen LogP) is 6.64. The fourth-order valence-corrected chi connectivity index (χ4v) is 5.93. The zero-order chi connectivity index (χ0) is 34.9. The molecule has 260 valence electrons. The molecule has 2 amide bonds. The van der Waals surface area contributed by atoms with E-state index >= 15 is 0 Å². The molecule has 1 aromatic carbocycles. The fraction of sp³-hybridized carbons (Fsp3) is 0.486. The van der Waals surface area contributed by atoms with E-state index in [1.54, 1.807) is 20.5 Å². The van der Waals surface area contributed by atoms with Crippen molar-refractivity contribution in [3.05, 3.63) is 72.1 Å². The molecule has 2 N–H and O–H groups in total. The van der Waals surface area contributed by atoms with Gasteiger partial charge < -0.3 is 24.8 Å². The molecule has 4 heterocycles. The highest BCUT2D eigenvalue weighted by Crippen LogP contribution is 2.42. The molecule has 12 nitrogen and oxygen atoms in total. The van der Waals surface area contributed by atoms with Crippen LogP contribution in [0.15, 0.2) is 60.9 Å². The summed E-state index contributed by atoms with van der Waals surface area (Å²) in [5.41, 5.74) is 3.14. The van der Waals surface area contributed by atoms with Gasteiger partial charge in [0, 0.05) is 42.4 Å². The van der Waals surface area contributed by atoms with E-state index in [4.69, 9.17) is 19.6 Å². The minimum Gasteiger partial charge on any atom is -0.444 e. The smallest absolute Gasteiger partial charge is 0.416 e. The Kier molecular flexibility index (Phi) is 9.52. The summed E-state index contributed by atoms with van der Waals surface area (Å²) in [6.07, 6.45) is 4.68. The molecule has 2 aliphatic rings. The Balaban J connectivity index is 1.27. The fourth-order valence-electron chi connectivity index (χ4n) is 5.93. The van der Waals surface area contributed by atoms with E-state index in [1.165, 1.54) is 0 Å². The first-order valence-electron chi connectivity index (χ1n) is 17.0. The summed E-state index contributed by atoms with van der Waals surface area (Å²) < 4.78 is 13.2. The maximum absolute atomic E-state index is 13.9. The molecule has 49 heavy (non-hydrogen) atoms. The number of carbonyl (C=O) groups is 2. The van der Waals surface area contributed by atoms with Gasteiger partial charge in [0.2, 0.25) is 0 Å². The summed E-state index contributed by atoms with van der Waals surface area (Å²) in [5.74, 6) is 1.34. The summed E-state index contributed by atoms with van der Waals surface area (Å²) in [7, 11) is 0. The number of piperidine rings is 1. The van der Waals surface area contributed by atoms with Crippen LogP contribution in [0, 0.1) is 5.92 Å². The van der Waals surface area contributed by atoms with E-state index in [0.717, 1.165) is 35.2 Å². The summed E-state index contributed by atoms with van der Waals surface area (Å²) in [4.78, 5) is 39.1. The molecule has 1 aliphatic carbocycles. The molecule has 1 aliphatic heterocycles. The van der Waals surface area contributed by atoms with Gasteiger partial charge in [-0.05, 0) is 84.4 Å². The number of ether oxygens (including phenoxy) is 2. The second kappa shape index (κ2) is 13.7. The molecule has 0 spiro atoms. The first-order chi connectivity index (χ1) is 23.2. The average Bonchev–Trinajstić information content (AvgIpc) is 3.80. The molecule has 0 radical (unpaired) electrons. The Morgan fingerprint density at radius 2 is 1.73 bits per heavy atom. The Labute approximate surface area is 287 Å². The Morgan fingerprint density at radius 3 is 2.37 bits per heavy atom. The first kappa shape index (κ1) is 34.2. The van der Waals surface area contributed by atoms with Gasteiger partial charge in [-0.3, -0.25) is 9.88 Å². The van der Waals surface area contributed by atoms with E-state index < -0.39 is 29.5 Å². The van der Waals surface area contributed by atoms with Crippen LogP contribution in [0.4, 0.5) is 21.2 Å². The SMILES string of the molecule is CC(C)(C)OC(=O)N1CC[C@H](CNc2cc(N(Cc3ccc(-c4ccccn4)cc3)C(=O)OC(C)(C)C)n3ncc(C4CC4)c3n2)[C@@H](O)C1. The number of anilines is 2. The largest absolute Gasteiger partial charge is 0.444 e. The average molecular weight is 670 g/mol. The van der Waals surface area contributed by atoms with Gasteiger partial charge in [-0.25, -0.2) is 14.6 Å². The van der Waals surface area contributed by atoms with Crippen molar-refractivity contribution in [3.63, 3.8) is 0 Å². The Hall–Kier alpha value is -4.71. The minimum atomic E-state index is -0.735. The number of rotatable bonds is 8. The first-order valence-corrected chi connectivity index (χ1v) is 17.0. The molecule has 2 fully saturated rings. The quantitative estimate of drug-likeness (QED) is 0.212. The molecule has 12 heteroatoms. The van der Waals surface area contributed by atoms with Gasteiger partial charge >= 0.3 is 12.2 Å². The summed E-state index contributed by atoms with van der Waals surface area (Å²) in [5, 5.41) is 19.2. The summed E-state index contributed by atoms with van der Waals surface area (Å²) in [6.45, 7) is 12.4. The van der Waals surface area contributed by atoms with E-state index in [0.29, 0.717) is 42.7 Å². The molecule has 4 aromatic rings. The minimum absolute atomic E-state index is 0.118. The molecule has 2 atom stereocenters. The van der Waals surface area contributed by atoms with E-state index in [2.05, 4.69) is 10.3 Å². The third-order valence-corrected chi connectivity index (χ3v) is 8.56. The predicted molar refractivity (Wildman–Crippen MR) is 187 cm³/mol. The van der Waals surface area contributed by atoms with E-state index in [9.17, 15) is 14.7 Å². The highest BCUT2D eigenvalue weighted by atomic mass is 16.6. The van der Waals surface area contributed by atoms with Gasteiger partial charge in [-0.2, -0.15) is 9.61 Å². The van der Waals surface area contributed by atoms with Gasteiger partial charge in [-0.1, -0.05) is 30.3 Å². The van der Waals surface area contributed by atoms with Gasteiger partial charge in [0.1, 0.15) is 22.8 Å². The van der Waals surface area contributed by atoms with Crippen molar-refractivity contribution in [2.24, 2.45) is 5.92 Å². The second-order valence-electron chi connectivity index (χ2n) is 15.0. The number of hydrogen-bond donors (Lipinski definition) is 2. The number of pyridine rings is 1. The number of likely N-dealkylation sites (tertiary alicyclic amines) is 1. The Bertz CT molecular complexity index is 1780. The lowest BCUT2D eigenvalue weighted by Gasteiger charge is -2.36. The van der Waals surface area contributed by atoms with Crippen molar-refractivity contribution in [1.29, 1.82) is 0 Å². The van der Waals surface area contributed by atoms with Gasteiger partial charge in [0.15, 0.2) is 5.65 Å². The topological polar surface area (TPSA) is 134 Å². The maximum atomic E-state index is 13.9. The highest BCUT2D eigenvalue weighted by molar-refractivity contribution is 5.88. The van der Waals surface area contributed by atoms with Crippen LogP contribution < -0.4 is 10.2 Å². The number of nitrogens with zero attached hydrogens (tertiary/aromatic N) is 6. The van der Waals surface area contributed by atoms with Crippen molar-refractivity contribution >= 4 is 29.5 Å². The molecule has 6 rings (SSSR count). The number of nitrogens with one attached hydrogen (secondary N) is 1. The lowest BCUT2D eigenvalue weighted by atomic mass is 9.94. The summed E-state index contributed by atoms with van der Waals surface area (Å²) >= 11 is 0. The number of aliphatic hydroxyl groups excluding tert-OH is 1. The molecule has 0 unspecified atom stereocenters. The second-order valence-corrected chi connectivity index (χ2v) is 15.0. The van der Waals surface area contributed by atoms with Crippen LogP contribution in [0.1, 0.15) is 77.8 Å². The van der Waals surface area contributed by atoms with Gasteiger partial charge in [0.25, 0.3) is 0 Å². The number of benzene rings is 1. The lowest BCUT2D eigenvalue weighted by Crippen LogP contribution is -2.49. The van der Waals surface area contributed by atoms with Crippen LogP contribution in [0.25, 0.3) is 16.9 Å². The van der Waals surface area contributed by atoms with Crippen molar-refractivity contribution in [3.8, 4) is 11.3 Å². The molecular weight excluding hydrogens is 622 g/mol. The van der Waals surface area contributed by atoms with Crippen LogP contribution in [-0.2, 0) is 16.0 Å². The van der Waals surface area contributed by atoms with Gasteiger partial charge in [-0.15, -0.1) is 0 Å².